The lowest BCUT2D eigenvalue weighted by atomic mass is 9.98. The van der Waals surface area contributed by atoms with Crippen molar-refractivity contribution >= 4 is 5.91 Å². The van der Waals surface area contributed by atoms with Crippen LogP contribution in [-0.2, 0) is 30.7 Å². The van der Waals surface area contributed by atoms with Crippen molar-refractivity contribution in [3.05, 3.63) is 53.1 Å². The van der Waals surface area contributed by atoms with E-state index in [9.17, 15) is 9.18 Å². The molecule has 0 radical (unpaired) electrons. The van der Waals surface area contributed by atoms with Crippen molar-refractivity contribution in [2.45, 2.75) is 45.7 Å². The van der Waals surface area contributed by atoms with Crippen LogP contribution in [0.5, 0.6) is 0 Å². The molecule has 122 valence electrons. The first kappa shape index (κ1) is 15.7. The molecule has 1 aromatic heterocycles. The first-order chi connectivity index (χ1) is 11.1. The van der Waals surface area contributed by atoms with Crippen molar-refractivity contribution in [2.75, 3.05) is 0 Å². The Morgan fingerprint density at radius 2 is 2.30 bits per heavy atom. The molecule has 1 aliphatic rings. The van der Waals surface area contributed by atoms with Crippen molar-refractivity contribution in [3.8, 4) is 0 Å². The molecule has 23 heavy (non-hydrogen) atoms. The fraction of sp³-hybridized carbons (Fsp3) is 0.444. The van der Waals surface area contributed by atoms with Crippen LogP contribution in [0.4, 0.5) is 4.39 Å². The van der Waals surface area contributed by atoms with Gasteiger partial charge in [0.1, 0.15) is 5.82 Å². The highest BCUT2D eigenvalue weighted by atomic mass is 19.1. The molecule has 2 heterocycles. The van der Waals surface area contributed by atoms with Crippen molar-refractivity contribution in [3.63, 3.8) is 0 Å². The van der Waals surface area contributed by atoms with E-state index in [0.29, 0.717) is 19.4 Å². The van der Waals surface area contributed by atoms with Crippen molar-refractivity contribution < 1.29 is 9.18 Å². The number of aromatic nitrogens is 2. The highest BCUT2D eigenvalue weighted by Crippen LogP contribution is 2.15. The largest absolute Gasteiger partial charge is 0.350 e. The number of carbonyl (C=O) groups is 1. The molecular weight excluding hydrogens is 293 g/mol. The van der Waals surface area contributed by atoms with Crippen LogP contribution in [0.2, 0.25) is 0 Å². The summed E-state index contributed by atoms with van der Waals surface area (Å²) in [6, 6.07) is 8.63. The summed E-state index contributed by atoms with van der Waals surface area (Å²) in [6.07, 6.45) is 3.37. The predicted molar refractivity (Wildman–Crippen MR) is 86.3 cm³/mol. The van der Waals surface area contributed by atoms with Gasteiger partial charge < -0.3 is 5.32 Å². The summed E-state index contributed by atoms with van der Waals surface area (Å²) in [6.45, 7) is 3.47. The molecule has 3 rings (SSSR count). The van der Waals surface area contributed by atoms with Crippen LogP contribution in [0.3, 0.4) is 0 Å². The second-order valence-electron chi connectivity index (χ2n) is 6.37. The van der Waals surface area contributed by atoms with E-state index in [2.05, 4.69) is 16.5 Å². The third kappa shape index (κ3) is 4.18. The quantitative estimate of drug-likeness (QED) is 0.891. The number of rotatable bonds is 6. The van der Waals surface area contributed by atoms with Crippen molar-refractivity contribution in [2.24, 2.45) is 5.92 Å². The molecule has 1 amide bonds. The molecular formula is C18H22FN3O. The summed E-state index contributed by atoms with van der Waals surface area (Å²) in [5, 5.41) is 7.41. The number of benzene rings is 1. The highest BCUT2D eigenvalue weighted by Gasteiger charge is 2.15. The maximum Gasteiger partial charge on any atom is 0.220 e. The Bertz CT molecular complexity index is 674. The van der Waals surface area contributed by atoms with Gasteiger partial charge in [0.15, 0.2) is 0 Å². The summed E-state index contributed by atoms with van der Waals surface area (Å²) >= 11 is 0. The first-order valence-electron chi connectivity index (χ1n) is 8.17. The van der Waals surface area contributed by atoms with Gasteiger partial charge in [-0.25, -0.2) is 4.39 Å². The summed E-state index contributed by atoms with van der Waals surface area (Å²) < 4.78 is 15.2. The molecule has 0 spiro atoms. The van der Waals surface area contributed by atoms with E-state index in [1.54, 1.807) is 6.07 Å². The molecule has 1 unspecified atom stereocenters. The Balaban J connectivity index is 1.45. The minimum Gasteiger partial charge on any atom is -0.350 e. The SMILES string of the molecule is CC(CC(=O)NCc1cc2n(n1)CCC2)Cc1cccc(F)c1. The van der Waals surface area contributed by atoms with Gasteiger partial charge in [-0.15, -0.1) is 0 Å². The fourth-order valence-corrected chi connectivity index (χ4v) is 3.12. The number of halogens is 1. The number of nitrogens with zero attached hydrogens (tertiary/aromatic N) is 2. The molecule has 1 N–H and O–H groups in total. The molecule has 5 heteroatoms. The van der Waals surface area contributed by atoms with Crippen molar-refractivity contribution in [1.82, 2.24) is 15.1 Å². The van der Waals surface area contributed by atoms with E-state index in [-0.39, 0.29) is 17.6 Å². The van der Waals surface area contributed by atoms with Gasteiger partial charge in [-0.05, 0) is 48.9 Å². The second-order valence-corrected chi connectivity index (χ2v) is 6.37. The molecule has 1 aromatic carbocycles. The minimum atomic E-state index is -0.230. The van der Waals surface area contributed by atoms with Crippen LogP contribution in [0.15, 0.2) is 30.3 Å². The highest BCUT2D eigenvalue weighted by molar-refractivity contribution is 5.76. The summed E-state index contributed by atoms with van der Waals surface area (Å²) in [5.41, 5.74) is 3.11. The maximum absolute atomic E-state index is 13.2. The average Bonchev–Trinajstić information content (AvgIpc) is 3.05. The van der Waals surface area contributed by atoms with E-state index in [1.165, 1.54) is 17.8 Å². The Morgan fingerprint density at radius 3 is 3.09 bits per heavy atom. The van der Waals surface area contributed by atoms with Crippen LogP contribution in [0, 0.1) is 11.7 Å². The van der Waals surface area contributed by atoms with E-state index in [1.807, 2.05) is 17.7 Å². The lowest BCUT2D eigenvalue weighted by Gasteiger charge is -2.11. The molecule has 0 fully saturated rings. The maximum atomic E-state index is 13.2. The molecule has 0 saturated carbocycles. The first-order valence-corrected chi connectivity index (χ1v) is 8.17. The van der Waals surface area contributed by atoms with E-state index in [0.717, 1.165) is 30.6 Å². The molecule has 1 aliphatic heterocycles. The van der Waals surface area contributed by atoms with Gasteiger partial charge in [0.05, 0.1) is 12.2 Å². The Hall–Kier alpha value is -2.17. The summed E-state index contributed by atoms with van der Waals surface area (Å²) in [7, 11) is 0. The lowest BCUT2D eigenvalue weighted by Crippen LogP contribution is -2.25. The smallest absolute Gasteiger partial charge is 0.220 e. The van der Waals surface area contributed by atoms with E-state index < -0.39 is 0 Å². The van der Waals surface area contributed by atoms with Crippen LogP contribution >= 0.6 is 0 Å². The topological polar surface area (TPSA) is 46.9 Å². The molecule has 2 aromatic rings. The van der Waals surface area contributed by atoms with Crippen LogP contribution in [0.1, 0.15) is 36.7 Å². The van der Waals surface area contributed by atoms with Gasteiger partial charge in [-0.2, -0.15) is 5.10 Å². The normalized spacial score (nSPS) is 14.5. The lowest BCUT2D eigenvalue weighted by molar-refractivity contribution is -0.122. The zero-order chi connectivity index (χ0) is 16.2. The Morgan fingerprint density at radius 1 is 1.43 bits per heavy atom. The number of aryl methyl sites for hydroxylation is 2. The number of fused-ring (bicyclic) bond motifs is 1. The number of amides is 1. The number of hydrogen-bond acceptors (Lipinski definition) is 2. The van der Waals surface area contributed by atoms with Crippen LogP contribution < -0.4 is 5.32 Å². The summed E-state index contributed by atoms with van der Waals surface area (Å²) in [5.74, 6) is -0.0437. The standard InChI is InChI=1S/C18H22FN3O/c1-13(8-14-4-2-5-15(19)10-14)9-18(23)20-12-16-11-17-6-3-7-22(17)21-16/h2,4-5,10-11,13H,3,6-9,12H2,1H3,(H,20,23). The van der Waals surface area contributed by atoms with E-state index >= 15 is 0 Å². The van der Waals surface area contributed by atoms with Gasteiger partial charge in [0, 0.05) is 18.7 Å². The van der Waals surface area contributed by atoms with Gasteiger partial charge in [0.25, 0.3) is 0 Å². The Kier molecular flexibility index (Phi) is 4.74. The van der Waals surface area contributed by atoms with Crippen molar-refractivity contribution in [1.29, 1.82) is 0 Å². The molecule has 1 atom stereocenters. The number of carbonyl (C=O) groups excluding carboxylic acids is 1. The van der Waals surface area contributed by atoms with E-state index in [4.69, 9.17) is 0 Å². The third-order valence-corrected chi connectivity index (χ3v) is 4.19. The van der Waals surface area contributed by atoms with Gasteiger partial charge in [-0.3, -0.25) is 9.48 Å². The monoisotopic (exact) mass is 315 g/mol. The predicted octanol–water partition coefficient (Wildman–Crippen LogP) is 2.85. The zero-order valence-electron chi connectivity index (χ0n) is 13.4. The molecule has 0 bridgehead atoms. The molecule has 4 nitrogen and oxygen atoms in total. The number of nitrogens with one attached hydrogen (secondary N) is 1. The molecule has 0 saturated heterocycles. The van der Waals surface area contributed by atoms with Gasteiger partial charge in [0.2, 0.25) is 5.91 Å². The van der Waals surface area contributed by atoms with Crippen LogP contribution in [0.25, 0.3) is 0 Å². The van der Waals surface area contributed by atoms with Gasteiger partial charge >= 0.3 is 0 Å². The molecule has 0 aliphatic carbocycles. The van der Waals surface area contributed by atoms with Gasteiger partial charge in [-0.1, -0.05) is 19.1 Å². The third-order valence-electron chi connectivity index (χ3n) is 4.19. The average molecular weight is 315 g/mol. The fourth-order valence-electron chi connectivity index (χ4n) is 3.12. The number of hydrogen-bond donors (Lipinski definition) is 1. The minimum absolute atomic E-state index is 0.0158. The zero-order valence-corrected chi connectivity index (χ0v) is 13.4. The second kappa shape index (κ2) is 6.94. The summed E-state index contributed by atoms with van der Waals surface area (Å²) in [4.78, 5) is 12.0. The Labute approximate surface area is 135 Å². The van der Waals surface area contributed by atoms with Crippen LogP contribution in [-0.4, -0.2) is 15.7 Å².